The zero-order chi connectivity index (χ0) is 21.2. The standard InChI is InChI=1S/C21H26F2N4O2/c1-13(14-10-15(21(2,22)23)12-16(24)11-14)25-20(29)18-8-9-19(28)27(26-18)17-6-4-3-5-7-17/h8-13,17H,3-7,24H2,1-2H3,(H,25,29). The molecule has 0 saturated heterocycles. The lowest BCUT2D eigenvalue weighted by molar-refractivity contribution is 0.0174. The first-order valence-electron chi connectivity index (χ1n) is 9.84. The van der Waals surface area contributed by atoms with Gasteiger partial charge in [-0.05, 0) is 49.6 Å². The van der Waals surface area contributed by atoms with E-state index in [2.05, 4.69) is 10.4 Å². The molecule has 0 aliphatic heterocycles. The fourth-order valence-electron chi connectivity index (χ4n) is 3.67. The highest BCUT2D eigenvalue weighted by atomic mass is 19.3. The van der Waals surface area contributed by atoms with Gasteiger partial charge >= 0.3 is 0 Å². The molecular weight excluding hydrogens is 378 g/mol. The minimum absolute atomic E-state index is 0.00434. The van der Waals surface area contributed by atoms with Gasteiger partial charge in [-0.15, -0.1) is 0 Å². The van der Waals surface area contributed by atoms with Crippen molar-refractivity contribution in [2.45, 2.75) is 64.0 Å². The van der Waals surface area contributed by atoms with Crippen molar-refractivity contribution in [1.82, 2.24) is 15.1 Å². The van der Waals surface area contributed by atoms with Gasteiger partial charge in [-0.3, -0.25) is 9.59 Å². The van der Waals surface area contributed by atoms with Crippen molar-refractivity contribution >= 4 is 11.6 Å². The van der Waals surface area contributed by atoms with E-state index < -0.39 is 17.9 Å². The van der Waals surface area contributed by atoms with Gasteiger partial charge in [0.25, 0.3) is 17.4 Å². The Balaban J connectivity index is 1.80. The second-order valence-electron chi connectivity index (χ2n) is 7.77. The van der Waals surface area contributed by atoms with Crippen LogP contribution in [-0.2, 0) is 5.92 Å². The number of amides is 1. The Morgan fingerprint density at radius 3 is 2.59 bits per heavy atom. The number of carbonyl (C=O) groups is 1. The van der Waals surface area contributed by atoms with Crippen molar-refractivity contribution in [3.05, 3.63) is 57.5 Å². The van der Waals surface area contributed by atoms with Crippen molar-refractivity contribution in [1.29, 1.82) is 0 Å². The molecule has 3 N–H and O–H groups in total. The number of nitrogens with one attached hydrogen (secondary N) is 1. The summed E-state index contributed by atoms with van der Waals surface area (Å²) >= 11 is 0. The third-order valence-corrected chi connectivity index (χ3v) is 5.31. The van der Waals surface area contributed by atoms with Gasteiger partial charge in [0.05, 0.1) is 12.1 Å². The van der Waals surface area contributed by atoms with E-state index >= 15 is 0 Å². The monoisotopic (exact) mass is 404 g/mol. The van der Waals surface area contributed by atoms with E-state index in [9.17, 15) is 18.4 Å². The van der Waals surface area contributed by atoms with Crippen molar-refractivity contribution in [2.24, 2.45) is 0 Å². The van der Waals surface area contributed by atoms with Crippen LogP contribution in [-0.4, -0.2) is 15.7 Å². The lowest BCUT2D eigenvalue weighted by atomic mass is 9.96. The maximum Gasteiger partial charge on any atom is 0.272 e. The van der Waals surface area contributed by atoms with Crippen LogP contribution in [0, 0.1) is 0 Å². The van der Waals surface area contributed by atoms with Gasteiger partial charge in [-0.2, -0.15) is 5.10 Å². The topological polar surface area (TPSA) is 90.0 Å². The van der Waals surface area contributed by atoms with Crippen molar-refractivity contribution in [3.8, 4) is 0 Å². The van der Waals surface area contributed by atoms with E-state index in [4.69, 9.17) is 5.73 Å². The van der Waals surface area contributed by atoms with Crippen LogP contribution in [0.2, 0.25) is 0 Å². The predicted molar refractivity (Wildman–Crippen MR) is 107 cm³/mol. The molecule has 8 heteroatoms. The summed E-state index contributed by atoms with van der Waals surface area (Å²) in [4.78, 5) is 24.9. The van der Waals surface area contributed by atoms with Crippen LogP contribution < -0.4 is 16.6 Å². The highest BCUT2D eigenvalue weighted by Gasteiger charge is 2.26. The molecule has 1 aliphatic carbocycles. The molecule has 1 atom stereocenters. The van der Waals surface area contributed by atoms with Crippen LogP contribution in [0.15, 0.2) is 35.1 Å². The molecule has 29 heavy (non-hydrogen) atoms. The Morgan fingerprint density at radius 2 is 1.93 bits per heavy atom. The van der Waals surface area contributed by atoms with Crippen LogP contribution >= 0.6 is 0 Å². The van der Waals surface area contributed by atoms with Crippen LogP contribution in [0.1, 0.15) is 79.7 Å². The summed E-state index contributed by atoms with van der Waals surface area (Å²) in [6, 6.07) is 6.27. The number of benzene rings is 1. The molecule has 1 unspecified atom stereocenters. The lowest BCUT2D eigenvalue weighted by Gasteiger charge is -2.23. The number of anilines is 1. The van der Waals surface area contributed by atoms with Gasteiger partial charge in [-0.25, -0.2) is 13.5 Å². The highest BCUT2D eigenvalue weighted by Crippen LogP contribution is 2.31. The summed E-state index contributed by atoms with van der Waals surface area (Å²) in [5, 5.41) is 7.02. The average molecular weight is 404 g/mol. The van der Waals surface area contributed by atoms with E-state index in [1.54, 1.807) is 13.0 Å². The van der Waals surface area contributed by atoms with Gasteiger partial charge in [0, 0.05) is 24.2 Å². The minimum atomic E-state index is -3.04. The Morgan fingerprint density at radius 1 is 1.24 bits per heavy atom. The molecule has 1 fully saturated rings. The molecule has 0 spiro atoms. The fourth-order valence-corrected chi connectivity index (χ4v) is 3.67. The number of aromatic nitrogens is 2. The summed E-state index contributed by atoms with van der Waals surface area (Å²) < 4.78 is 28.8. The van der Waals surface area contributed by atoms with E-state index in [0.717, 1.165) is 39.0 Å². The van der Waals surface area contributed by atoms with Gasteiger partial charge in [0.15, 0.2) is 0 Å². The Kier molecular flexibility index (Phi) is 6.00. The average Bonchev–Trinajstić information content (AvgIpc) is 2.67. The van der Waals surface area contributed by atoms with Gasteiger partial charge < -0.3 is 11.1 Å². The Labute approximate surface area is 168 Å². The molecule has 6 nitrogen and oxygen atoms in total. The zero-order valence-corrected chi connectivity index (χ0v) is 16.6. The molecule has 156 valence electrons. The molecule has 2 aromatic rings. The highest BCUT2D eigenvalue weighted by molar-refractivity contribution is 5.92. The number of nitrogens with zero attached hydrogens (tertiary/aromatic N) is 2. The molecule has 1 amide bonds. The molecule has 1 aromatic heterocycles. The lowest BCUT2D eigenvalue weighted by Crippen LogP contribution is -2.33. The summed E-state index contributed by atoms with van der Waals surface area (Å²) in [6.45, 7) is 2.48. The van der Waals surface area contributed by atoms with Crippen LogP contribution in [0.4, 0.5) is 14.5 Å². The molecule has 1 aromatic carbocycles. The van der Waals surface area contributed by atoms with Gasteiger partial charge in [-0.1, -0.05) is 19.3 Å². The maximum absolute atomic E-state index is 13.7. The molecule has 1 heterocycles. The van der Waals surface area contributed by atoms with Crippen molar-refractivity contribution in [3.63, 3.8) is 0 Å². The number of halogens is 2. The van der Waals surface area contributed by atoms with E-state index in [1.807, 2.05) is 0 Å². The Bertz CT molecular complexity index is 946. The van der Waals surface area contributed by atoms with Crippen molar-refractivity contribution in [2.75, 3.05) is 5.73 Å². The van der Waals surface area contributed by atoms with Crippen molar-refractivity contribution < 1.29 is 13.6 Å². The Hall–Kier alpha value is -2.77. The first-order chi connectivity index (χ1) is 13.6. The van der Waals surface area contributed by atoms with E-state index in [-0.39, 0.29) is 28.5 Å². The number of hydrogen-bond donors (Lipinski definition) is 2. The third-order valence-electron chi connectivity index (χ3n) is 5.31. The second-order valence-corrected chi connectivity index (χ2v) is 7.77. The normalized spacial score (nSPS) is 16.4. The van der Waals surface area contributed by atoms with E-state index in [1.165, 1.54) is 28.9 Å². The first-order valence-corrected chi connectivity index (χ1v) is 9.84. The van der Waals surface area contributed by atoms with Gasteiger partial charge in [0.2, 0.25) is 0 Å². The SMILES string of the molecule is CC(NC(=O)c1ccc(=O)n(C2CCCCC2)n1)c1cc(N)cc(C(C)(F)F)c1. The summed E-state index contributed by atoms with van der Waals surface area (Å²) in [5.41, 5.74) is 6.10. The number of nitrogens with two attached hydrogens (primary N) is 1. The predicted octanol–water partition coefficient (Wildman–Crippen LogP) is 3.93. The number of hydrogen-bond acceptors (Lipinski definition) is 4. The number of carbonyl (C=O) groups excluding carboxylic acids is 1. The minimum Gasteiger partial charge on any atom is -0.399 e. The van der Waals surface area contributed by atoms with Crippen LogP contribution in [0.3, 0.4) is 0 Å². The summed E-state index contributed by atoms with van der Waals surface area (Å²) in [6.07, 6.45) is 4.94. The first kappa shape index (κ1) is 21.0. The number of alkyl halides is 2. The van der Waals surface area contributed by atoms with Crippen LogP contribution in [0.5, 0.6) is 0 Å². The van der Waals surface area contributed by atoms with Gasteiger partial charge in [0.1, 0.15) is 5.69 Å². The number of rotatable bonds is 5. The molecule has 3 rings (SSSR count). The summed E-state index contributed by atoms with van der Waals surface area (Å²) in [5.74, 6) is -3.51. The smallest absolute Gasteiger partial charge is 0.272 e. The largest absolute Gasteiger partial charge is 0.399 e. The summed E-state index contributed by atoms with van der Waals surface area (Å²) in [7, 11) is 0. The second kappa shape index (κ2) is 8.31. The maximum atomic E-state index is 13.7. The quantitative estimate of drug-likeness (QED) is 0.739. The number of nitrogen functional groups attached to an aromatic ring is 1. The molecule has 1 saturated carbocycles. The molecular formula is C21H26F2N4O2. The van der Waals surface area contributed by atoms with E-state index in [0.29, 0.717) is 5.56 Å². The fraction of sp³-hybridized carbons (Fsp3) is 0.476. The zero-order valence-electron chi connectivity index (χ0n) is 16.6. The van der Waals surface area contributed by atoms with Crippen LogP contribution in [0.25, 0.3) is 0 Å². The molecule has 0 radical (unpaired) electrons. The third kappa shape index (κ3) is 4.99. The molecule has 0 bridgehead atoms. The molecule has 1 aliphatic rings.